The van der Waals surface area contributed by atoms with Gasteiger partial charge in [0.05, 0.1) is 4.90 Å². The number of H-pyrrole nitrogens is 1. The zero-order valence-corrected chi connectivity index (χ0v) is 15.7. The number of sulfone groups is 1. The van der Waals surface area contributed by atoms with Crippen LogP contribution in [0.1, 0.15) is 19.7 Å². The Hall–Kier alpha value is -2.68. The number of aromatic nitrogens is 3. The smallest absolute Gasteiger partial charge is 0.212 e. The summed E-state index contributed by atoms with van der Waals surface area (Å²) in [5.41, 5.74) is 6.62. The van der Waals surface area contributed by atoms with E-state index in [0.29, 0.717) is 17.2 Å². The molecule has 0 amide bonds. The molecule has 0 radical (unpaired) electrons. The van der Waals surface area contributed by atoms with E-state index in [1.807, 2.05) is 25.8 Å². The first kappa shape index (κ1) is 18.1. The summed E-state index contributed by atoms with van der Waals surface area (Å²) >= 11 is 0. The van der Waals surface area contributed by atoms with Crippen LogP contribution in [0.3, 0.4) is 0 Å². The average Bonchev–Trinajstić information content (AvgIpc) is 2.89. The molecule has 0 aliphatic rings. The maximum atomic E-state index is 13.5. The molecule has 0 saturated heterocycles. The van der Waals surface area contributed by atoms with Crippen molar-refractivity contribution in [1.29, 1.82) is 0 Å². The fourth-order valence-corrected chi connectivity index (χ4v) is 4.18. The van der Waals surface area contributed by atoms with Gasteiger partial charge in [0, 0.05) is 13.1 Å². The first-order valence-electron chi connectivity index (χ1n) is 8.02. The van der Waals surface area contributed by atoms with E-state index >= 15 is 0 Å². The first-order chi connectivity index (χ1) is 12.1. The summed E-state index contributed by atoms with van der Waals surface area (Å²) in [7, 11) is -2.21. The Labute approximate surface area is 151 Å². The van der Waals surface area contributed by atoms with Crippen LogP contribution in [0.4, 0.5) is 16.0 Å². The average molecular weight is 377 g/mol. The number of hydrogen-bond donors (Lipinski definition) is 2. The van der Waals surface area contributed by atoms with Gasteiger partial charge < -0.3 is 15.6 Å². The van der Waals surface area contributed by atoms with E-state index < -0.39 is 15.7 Å². The maximum Gasteiger partial charge on any atom is 0.212 e. The van der Waals surface area contributed by atoms with E-state index in [4.69, 9.17) is 5.73 Å². The minimum Gasteiger partial charge on any atom is -0.384 e. The molecule has 26 heavy (non-hydrogen) atoms. The van der Waals surface area contributed by atoms with Gasteiger partial charge in [-0.2, -0.15) is 0 Å². The van der Waals surface area contributed by atoms with Crippen molar-refractivity contribution in [3.63, 3.8) is 0 Å². The van der Waals surface area contributed by atoms with Crippen LogP contribution in [-0.2, 0) is 9.84 Å². The highest BCUT2D eigenvalue weighted by Crippen LogP contribution is 2.35. The number of nitrogen functional groups attached to an aromatic ring is 1. The lowest BCUT2D eigenvalue weighted by molar-refractivity contribution is 0.592. The number of nitrogens with two attached hydrogens (primary N) is 1. The summed E-state index contributed by atoms with van der Waals surface area (Å²) < 4.78 is 39.7. The molecule has 3 N–H and O–H groups in total. The maximum absolute atomic E-state index is 13.5. The second-order valence-corrected chi connectivity index (χ2v) is 8.24. The third-order valence-electron chi connectivity index (χ3n) is 4.20. The molecule has 7 nitrogen and oxygen atoms in total. The van der Waals surface area contributed by atoms with E-state index in [1.165, 1.54) is 18.2 Å². The Bertz CT molecular complexity index is 1090. The minimum atomic E-state index is -4.06. The monoisotopic (exact) mass is 377 g/mol. The molecule has 0 fully saturated rings. The number of fused-ring (bicyclic) bond motifs is 1. The number of hydrogen-bond acceptors (Lipinski definition) is 6. The van der Waals surface area contributed by atoms with Crippen LogP contribution in [-0.4, -0.2) is 36.5 Å². The second-order valence-electron chi connectivity index (χ2n) is 6.35. The van der Waals surface area contributed by atoms with Crippen molar-refractivity contribution in [2.45, 2.75) is 36.6 Å². The molecule has 2 aromatic heterocycles. The van der Waals surface area contributed by atoms with Gasteiger partial charge in [0.1, 0.15) is 33.4 Å². The van der Waals surface area contributed by atoms with Crippen LogP contribution >= 0.6 is 0 Å². The first-order valence-corrected chi connectivity index (χ1v) is 9.50. The highest BCUT2D eigenvalue weighted by atomic mass is 32.2. The Kier molecular flexibility index (Phi) is 4.35. The summed E-state index contributed by atoms with van der Waals surface area (Å²) in [5.74, 6) is 0.266. The summed E-state index contributed by atoms with van der Waals surface area (Å²) in [6.07, 6.45) is 0. The van der Waals surface area contributed by atoms with E-state index in [1.54, 1.807) is 6.92 Å². The molecule has 0 aliphatic carbocycles. The largest absolute Gasteiger partial charge is 0.384 e. The lowest BCUT2D eigenvalue weighted by Gasteiger charge is -2.23. The Balaban J connectivity index is 2.33. The quantitative estimate of drug-likeness (QED) is 0.724. The number of nitrogens with one attached hydrogen (secondary N) is 1. The number of anilines is 2. The number of rotatable bonds is 4. The van der Waals surface area contributed by atoms with Crippen LogP contribution < -0.4 is 10.6 Å². The van der Waals surface area contributed by atoms with Crippen molar-refractivity contribution in [3.8, 4) is 0 Å². The van der Waals surface area contributed by atoms with Crippen LogP contribution in [0, 0.1) is 12.7 Å². The fourth-order valence-electron chi connectivity index (χ4n) is 2.68. The summed E-state index contributed by atoms with van der Waals surface area (Å²) in [4.78, 5) is 13.1. The summed E-state index contributed by atoms with van der Waals surface area (Å²) in [5, 5.41) is 0. The van der Waals surface area contributed by atoms with Gasteiger partial charge >= 0.3 is 0 Å². The standard InChI is InChI=1S/C17H20FN5O2S/c1-9(2)23(4)17-14-13(20-10(3)21-17)15(16(19)22-14)26(24,25)12-7-5-6-11(18)8-12/h5-9,22H,19H2,1-4H3. The number of aromatic amines is 1. The molecule has 0 atom stereocenters. The highest BCUT2D eigenvalue weighted by Gasteiger charge is 2.29. The Morgan fingerprint density at radius 3 is 2.58 bits per heavy atom. The van der Waals surface area contributed by atoms with Gasteiger partial charge in [0.15, 0.2) is 5.82 Å². The molecule has 9 heteroatoms. The Morgan fingerprint density at radius 2 is 1.96 bits per heavy atom. The lowest BCUT2D eigenvalue weighted by atomic mass is 10.3. The zero-order valence-electron chi connectivity index (χ0n) is 14.9. The van der Waals surface area contributed by atoms with E-state index in [2.05, 4.69) is 15.0 Å². The van der Waals surface area contributed by atoms with Crippen molar-refractivity contribution in [2.75, 3.05) is 17.7 Å². The van der Waals surface area contributed by atoms with E-state index in [0.717, 1.165) is 6.07 Å². The molecule has 3 rings (SSSR count). The molecular formula is C17H20FN5O2S. The molecule has 2 heterocycles. The molecule has 3 aromatic rings. The van der Waals surface area contributed by atoms with Gasteiger partial charge in [-0.1, -0.05) is 6.07 Å². The SMILES string of the molecule is Cc1nc(N(C)C(C)C)c2[nH]c(N)c(S(=O)(=O)c3cccc(F)c3)c2n1. The van der Waals surface area contributed by atoms with E-state index in [-0.39, 0.29) is 27.2 Å². The number of benzene rings is 1. The number of aryl methyl sites for hydroxylation is 1. The van der Waals surface area contributed by atoms with Gasteiger partial charge in [-0.15, -0.1) is 0 Å². The fraction of sp³-hybridized carbons (Fsp3) is 0.294. The molecule has 0 saturated carbocycles. The van der Waals surface area contributed by atoms with Crippen molar-refractivity contribution in [2.24, 2.45) is 0 Å². The second kappa shape index (κ2) is 6.24. The summed E-state index contributed by atoms with van der Waals surface area (Å²) in [6.45, 7) is 5.65. The van der Waals surface area contributed by atoms with Crippen molar-refractivity contribution < 1.29 is 12.8 Å². The molecule has 0 spiro atoms. The number of nitrogens with zero attached hydrogens (tertiary/aromatic N) is 3. The topological polar surface area (TPSA) is 105 Å². The van der Waals surface area contributed by atoms with Crippen LogP contribution in [0.2, 0.25) is 0 Å². The lowest BCUT2D eigenvalue weighted by Crippen LogP contribution is -2.27. The molecule has 0 bridgehead atoms. The normalized spacial score (nSPS) is 12.1. The highest BCUT2D eigenvalue weighted by molar-refractivity contribution is 7.92. The molecule has 0 aliphatic heterocycles. The third-order valence-corrected chi connectivity index (χ3v) is 6.03. The van der Waals surface area contributed by atoms with Gasteiger partial charge in [-0.25, -0.2) is 22.8 Å². The van der Waals surface area contributed by atoms with E-state index in [9.17, 15) is 12.8 Å². The molecular weight excluding hydrogens is 357 g/mol. The molecule has 1 aromatic carbocycles. The minimum absolute atomic E-state index is 0.0532. The van der Waals surface area contributed by atoms with Crippen LogP contribution in [0.25, 0.3) is 11.0 Å². The summed E-state index contributed by atoms with van der Waals surface area (Å²) in [6, 6.07) is 4.93. The van der Waals surface area contributed by atoms with Gasteiger partial charge in [-0.3, -0.25) is 0 Å². The van der Waals surface area contributed by atoms with Gasteiger partial charge in [-0.05, 0) is 39.0 Å². The zero-order chi connectivity index (χ0) is 19.2. The Morgan fingerprint density at radius 1 is 1.27 bits per heavy atom. The third kappa shape index (κ3) is 2.88. The predicted octanol–water partition coefficient (Wildman–Crippen LogP) is 2.67. The number of halogens is 1. The van der Waals surface area contributed by atoms with Crippen molar-refractivity contribution in [3.05, 3.63) is 35.9 Å². The van der Waals surface area contributed by atoms with Crippen LogP contribution in [0.15, 0.2) is 34.1 Å². The van der Waals surface area contributed by atoms with Crippen molar-refractivity contribution in [1.82, 2.24) is 15.0 Å². The molecule has 138 valence electrons. The van der Waals surface area contributed by atoms with Crippen LogP contribution in [0.5, 0.6) is 0 Å². The predicted molar refractivity (Wildman–Crippen MR) is 98.4 cm³/mol. The molecule has 0 unspecified atom stereocenters. The van der Waals surface area contributed by atoms with Gasteiger partial charge in [0.2, 0.25) is 9.84 Å². The van der Waals surface area contributed by atoms with Crippen molar-refractivity contribution >= 4 is 32.5 Å². The van der Waals surface area contributed by atoms with Gasteiger partial charge in [0.25, 0.3) is 0 Å².